The molecule has 10 nitrogen and oxygen atoms in total. The molecule has 0 N–H and O–H groups in total. The highest BCUT2D eigenvalue weighted by Crippen LogP contribution is 2.46. The van der Waals surface area contributed by atoms with E-state index in [1.807, 2.05) is 0 Å². The number of azo groups is 1. The van der Waals surface area contributed by atoms with Gasteiger partial charge < -0.3 is 9.47 Å². The Bertz CT molecular complexity index is 974. The number of carbonyl (C=O) groups excluding carboxylic acids is 6. The lowest BCUT2D eigenvalue weighted by molar-refractivity contribution is -0.164. The average Bonchev–Trinajstić information content (AvgIpc) is 2.67. The molecule has 35 heavy (non-hydrogen) atoms. The van der Waals surface area contributed by atoms with Crippen molar-refractivity contribution < 1.29 is 38.2 Å². The number of hydrogen-bond acceptors (Lipinski definition) is 10. The van der Waals surface area contributed by atoms with Crippen LogP contribution in [0.4, 0.5) is 0 Å². The Morgan fingerprint density at radius 2 is 1.29 bits per heavy atom. The summed E-state index contributed by atoms with van der Waals surface area (Å²) in [5, 5.41) is 8.16. The second-order valence-electron chi connectivity index (χ2n) is 11.6. The van der Waals surface area contributed by atoms with Gasteiger partial charge >= 0.3 is 11.9 Å². The van der Waals surface area contributed by atoms with Crippen LogP contribution in [0.2, 0.25) is 0 Å². The van der Waals surface area contributed by atoms with Crippen LogP contribution in [0.1, 0.15) is 89.0 Å². The summed E-state index contributed by atoms with van der Waals surface area (Å²) >= 11 is 0. The van der Waals surface area contributed by atoms with Gasteiger partial charge in [-0.3, -0.25) is 28.8 Å². The molecule has 10 heteroatoms. The van der Waals surface area contributed by atoms with Gasteiger partial charge in [0.05, 0.1) is 10.8 Å². The van der Waals surface area contributed by atoms with Gasteiger partial charge in [-0.2, -0.15) is 0 Å². The van der Waals surface area contributed by atoms with E-state index in [0.29, 0.717) is 0 Å². The molecule has 0 aromatic heterocycles. The number of ketones is 4. The van der Waals surface area contributed by atoms with Crippen LogP contribution >= 0.6 is 0 Å². The number of rotatable bonds is 6. The van der Waals surface area contributed by atoms with Crippen molar-refractivity contribution >= 4 is 35.1 Å². The monoisotopic (exact) mass is 494 g/mol. The third-order valence-corrected chi connectivity index (χ3v) is 6.37. The zero-order valence-electron chi connectivity index (χ0n) is 22.7. The Morgan fingerprint density at radius 1 is 0.829 bits per heavy atom. The molecule has 1 rings (SSSR count). The number of carbonyl (C=O) groups is 6. The second-order valence-corrected chi connectivity index (χ2v) is 11.6. The maximum absolute atomic E-state index is 13.8. The lowest BCUT2D eigenvalue weighted by Crippen LogP contribution is -2.48. The molecule has 0 saturated heterocycles. The molecule has 0 bridgehead atoms. The number of esters is 2. The summed E-state index contributed by atoms with van der Waals surface area (Å²) in [5.41, 5.74) is -7.43. The molecule has 0 spiro atoms. The normalized spacial score (nSPS) is 24.3. The van der Waals surface area contributed by atoms with Crippen molar-refractivity contribution in [2.24, 2.45) is 32.4 Å². The zero-order valence-corrected chi connectivity index (χ0v) is 22.7. The summed E-state index contributed by atoms with van der Waals surface area (Å²) in [5.74, 6) is -5.22. The SMILES string of the molecule is CC(=O)OC(C)(C)N=NC(C)(CC1C(=O)C(C)(C)C(=O)C(=O)C(C)(C)C(=O)CC1(C)C)OC(C)=O. The molecule has 0 aliphatic heterocycles. The largest absolute Gasteiger partial charge is 0.436 e. The predicted molar refractivity (Wildman–Crippen MR) is 125 cm³/mol. The van der Waals surface area contributed by atoms with Crippen molar-refractivity contribution in [3.63, 3.8) is 0 Å². The molecular formula is C25H38N2O8. The van der Waals surface area contributed by atoms with Gasteiger partial charge in [-0.05, 0) is 53.9 Å². The molecule has 1 aliphatic rings. The van der Waals surface area contributed by atoms with E-state index in [0.717, 1.165) is 0 Å². The molecule has 0 aromatic carbocycles. The molecule has 1 saturated carbocycles. The van der Waals surface area contributed by atoms with Gasteiger partial charge in [-0.1, -0.05) is 13.8 Å². The van der Waals surface area contributed by atoms with Crippen LogP contribution in [0.15, 0.2) is 10.2 Å². The summed E-state index contributed by atoms with van der Waals surface area (Å²) < 4.78 is 10.5. The highest BCUT2D eigenvalue weighted by Gasteiger charge is 2.56. The van der Waals surface area contributed by atoms with E-state index in [9.17, 15) is 28.8 Å². The molecule has 0 amide bonds. The smallest absolute Gasteiger partial charge is 0.304 e. The Kier molecular flexibility index (Phi) is 8.38. The van der Waals surface area contributed by atoms with Crippen molar-refractivity contribution in [2.75, 3.05) is 0 Å². The lowest BCUT2D eigenvalue weighted by atomic mass is 9.64. The first-order chi connectivity index (χ1) is 15.5. The van der Waals surface area contributed by atoms with Crippen LogP contribution in [0, 0.1) is 22.2 Å². The van der Waals surface area contributed by atoms with Crippen molar-refractivity contribution in [1.82, 2.24) is 0 Å². The van der Waals surface area contributed by atoms with E-state index >= 15 is 0 Å². The van der Waals surface area contributed by atoms with Crippen molar-refractivity contribution in [3.8, 4) is 0 Å². The number of hydrogen-bond donors (Lipinski definition) is 0. The van der Waals surface area contributed by atoms with Gasteiger partial charge in [0, 0.05) is 32.6 Å². The van der Waals surface area contributed by atoms with E-state index in [1.54, 1.807) is 13.8 Å². The van der Waals surface area contributed by atoms with Crippen LogP contribution in [-0.2, 0) is 38.2 Å². The molecule has 1 aliphatic carbocycles. The van der Waals surface area contributed by atoms with E-state index < -0.39 is 68.7 Å². The molecule has 196 valence electrons. The lowest BCUT2D eigenvalue weighted by Gasteiger charge is -2.39. The first-order valence-corrected chi connectivity index (χ1v) is 11.5. The highest BCUT2D eigenvalue weighted by atomic mass is 16.6. The summed E-state index contributed by atoms with van der Waals surface area (Å²) in [6.45, 7) is 15.6. The van der Waals surface area contributed by atoms with E-state index in [2.05, 4.69) is 10.2 Å². The fraction of sp³-hybridized carbons (Fsp3) is 0.760. The van der Waals surface area contributed by atoms with Gasteiger partial charge in [0.15, 0.2) is 0 Å². The standard InChI is InChI=1S/C25H38N2O8/c1-14(28)34-24(9,10)26-27-25(11,35-15(2)29)12-16-18(31)23(7,8)20(33)19(32)22(5,6)17(30)13-21(16,3)4/h16H,12-13H2,1-11H3. The maximum atomic E-state index is 13.8. The second kappa shape index (κ2) is 9.70. The van der Waals surface area contributed by atoms with Crippen LogP contribution < -0.4 is 0 Å². The van der Waals surface area contributed by atoms with Crippen LogP contribution in [0.5, 0.6) is 0 Å². The molecule has 2 unspecified atom stereocenters. The first kappa shape index (κ1) is 30.3. The molecule has 0 aromatic rings. The molecule has 0 heterocycles. The number of Topliss-reactive ketones (excluding diaryl/α,β-unsaturated/α-hetero) is 4. The first-order valence-electron chi connectivity index (χ1n) is 11.5. The van der Waals surface area contributed by atoms with Crippen LogP contribution in [-0.4, -0.2) is 46.5 Å². The predicted octanol–water partition coefficient (Wildman–Crippen LogP) is 3.78. The quantitative estimate of drug-likeness (QED) is 0.235. The van der Waals surface area contributed by atoms with Crippen LogP contribution in [0.25, 0.3) is 0 Å². The third kappa shape index (κ3) is 6.89. The summed E-state index contributed by atoms with van der Waals surface area (Å²) in [7, 11) is 0. The van der Waals surface area contributed by atoms with Gasteiger partial charge in [0.1, 0.15) is 11.6 Å². The minimum Gasteiger partial charge on any atom is -0.436 e. The summed E-state index contributed by atoms with van der Waals surface area (Å²) in [6.07, 6.45) is -0.394. The van der Waals surface area contributed by atoms with Crippen molar-refractivity contribution in [3.05, 3.63) is 0 Å². The fourth-order valence-electron chi connectivity index (χ4n) is 4.11. The minimum atomic E-state index is -1.73. The van der Waals surface area contributed by atoms with Gasteiger partial charge in [0.2, 0.25) is 23.0 Å². The molecular weight excluding hydrogens is 456 g/mol. The maximum Gasteiger partial charge on any atom is 0.304 e. The van der Waals surface area contributed by atoms with E-state index in [-0.39, 0.29) is 12.8 Å². The van der Waals surface area contributed by atoms with E-state index in [1.165, 1.54) is 62.3 Å². The topological polar surface area (TPSA) is 146 Å². The Labute approximate surface area is 206 Å². The Morgan fingerprint density at radius 3 is 1.74 bits per heavy atom. The Balaban J connectivity index is 3.67. The average molecular weight is 495 g/mol. The van der Waals surface area contributed by atoms with Crippen molar-refractivity contribution in [1.29, 1.82) is 0 Å². The fourth-order valence-corrected chi connectivity index (χ4v) is 4.11. The summed E-state index contributed by atoms with van der Waals surface area (Å²) in [6, 6.07) is 0. The summed E-state index contributed by atoms with van der Waals surface area (Å²) in [4.78, 5) is 76.3. The van der Waals surface area contributed by atoms with E-state index in [4.69, 9.17) is 9.47 Å². The molecule has 0 radical (unpaired) electrons. The highest BCUT2D eigenvalue weighted by molar-refractivity contribution is 6.47. The zero-order chi connectivity index (χ0) is 27.8. The van der Waals surface area contributed by atoms with Crippen LogP contribution in [0.3, 0.4) is 0 Å². The van der Waals surface area contributed by atoms with Gasteiger partial charge in [-0.25, -0.2) is 0 Å². The van der Waals surface area contributed by atoms with Gasteiger partial charge in [0.25, 0.3) is 0 Å². The number of nitrogens with zero attached hydrogens (tertiary/aromatic N) is 2. The van der Waals surface area contributed by atoms with Gasteiger partial charge in [-0.15, -0.1) is 10.2 Å². The number of ether oxygens (including phenoxy) is 2. The third-order valence-electron chi connectivity index (χ3n) is 6.37. The molecule has 1 fully saturated rings. The Hall–Kier alpha value is -2.78. The molecule has 2 atom stereocenters. The van der Waals surface area contributed by atoms with Crippen molar-refractivity contribution in [2.45, 2.75) is 100 Å². The minimum absolute atomic E-state index is 0.169.